The van der Waals surface area contributed by atoms with Crippen LogP contribution in [0.4, 0.5) is 5.82 Å². The number of aromatic nitrogens is 1. The molecule has 0 saturated carbocycles. The van der Waals surface area contributed by atoms with Crippen molar-refractivity contribution >= 4 is 11.8 Å². The van der Waals surface area contributed by atoms with Gasteiger partial charge in [-0.1, -0.05) is 31.5 Å². The van der Waals surface area contributed by atoms with Gasteiger partial charge in [-0.3, -0.25) is 0 Å². The summed E-state index contributed by atoms with van der Waals surface area (Å²) in [6, 6.07) is 12.5. The molecule has 0 aliphatic carbocycles. The van der Waals surface area contributed by atoms with Gasteiger partial charge in [0.25, 0.3) is 0 Å². The average Bonchev–Trinajstić information content (AvgIpc) is 2.56. The lowest BCUT2D eigenvalue weighted by atomic mass is 10.1. The van der Waals surface area contributed by atoms with Crippen molar-refractivity contribution in [3.8, 4) is 11.9 Å². The number of anilines is 1. The quantitative estimate of drug-likeness (QED) is 0.650. The summed E-state index contributed by atoms with van der Waals surface area (Å²) >= 11 is 0. The van der Waals surface area contributed by atoms with Crippen LogP contribution in [-0.2, 0) is 0 Å². The lowest BCUT2D eigenvalue weighted by molar-refractivity contribution is 0.0728. The van der Waals surface area contributed by atoms with Gasteiger partial charge in [-0.25, -0.2) is 4.79 Å². The predicted octanol–water partition coefficient (Wildman–Crippen LogP) is 3.69. The Labute approximate surface area is 135 Å². The zero-order chi connectivity index (χ0) is 16.7. The first-order valence-electron chi connectivity index (χ1n) is 7.58. The van der Waals surface area contributed by atoms with Crippen LogP contribution in [0.25, 0.3) is 0 Å². The number of rotatable bonds is 6. The van der Waals surface area contributed by atoms with Crippen LogP contribution in [0.15, 0.2) is 36.4 Å². The van der Waals surface area contributed by atoms with Gasteiger partial charge in [0.2, 0.25) is 5.88 Å². The topological polar surface area (TPSA) is 75.0 Å². The van der Waals surface area contributed by atoms with Crippen LogP contribution in [0.3, 0.4) is 0 Å². The highest BCUT2D eigenvalue weighted by Crippen LogP contribution is 2.22. The second-order valence-corrected chi connectivity index (χ2v) is 5.15. The zero-order valence-electron chi connectivity index (χ0n) is 13.3. The third kappa shape index (κ3) is 4.30. The van der Waals surface area contributed by atoms with Crippen molar-refractivity contribution in [2.45, 2.75) is 26.7 Å². The van der Waals surface area contributed by atoms with Crippen LogP contribution >= 0.6 is 0 Å². The maximum Gasteiger partial charge on any atom is 0.344 e. The van der Waals surface area contributed by atoms with Crippen LogP contribution in [-0.4, -0.2) is 17.5 Å². The summed E-state index contributed by atoms with van der Waals surface area (Å²) in [6.07, 6.45) is 2.01. The number of pyridine rings is 1. The smallest absolute Gasteiger partial charge is 0.344 e. The number of benzene rings is 1. The van der Waals surface area contributed by atoms with Crippen molar-refractivity contribution in [3.63, 3.8) is 0 Å². The third-order valence-electron chi connectivity index (χ3n) is 3.33. The predicted molar refractivity (Wildman–Crippen MR) is 88.5 cm³/mol. The molecule has 0 aliphatic heterocycles. The normalized spacial score (nSPS) is 9.96. The fourth-order valence-corrected chi connectivity index (χ4v) is 2.08. The van der Waals surface area contributed by atoms with Crippen LogP contribution in [0, 0.1) is 18.3 Å². The van der Waals surface area contributed by atoms with Gasteiger partial charge in [-0.2, -0.15) is 10.2 Å². The lowest BCUT2D eigenvalue weighted by Gasteiger charge is -2.11. The monoisotopic (exact) mass is 309 g/mol. The molecule has 5 nitrogen and oxygen atoms in total. The summed E-state index contributed by atoms with van der Waals surface area (Å²) in [6.45, 7) is 4.60. The second-order valence-electron chi connectivity index (χ2n) is 5.15. The SMILES string of the molecule is CCCCNc1nc(OC(=O)c2ccccc2)cc(C)c1C#N. The molecular weight excluding hydrogens is 290 g/mol. The highest BCUT2D eigenvalue weighted by molar-refractivity contribution is 5.90. The largest absolute Gasteiger partial charge is 0.404 e. The molecular formula is C18H19N3O2. The fraction of sp³-hybridized carbons (Fsp3) is 0.278. The molecule has 0 atom stereocenters. The summed E-state index contributed by atoms with van der Waals surface area (Å²) in [5.74, 6) is 0.174. The first-order valence-corrected chi connectivity index (χ1v) is 7.58. The number of hydrogen-bond donors (Lipinski definition) is 1. The van der Waals surface area contributed by atoms with E-state index in [9.17, 15) is 10.1 Å². The molecule has 1 aromatic heterocycles. The minimum Gasteiger partial charge on any atom is -0.404 e. The van der Waals surface area contributed by atoms with Crippen LogP contribution in [0.1, 0.15) is 41.3 Å². The van der Waals surface area contributed by atoms with E-state index >= 15 is 0 Å². The van der Waals surface area contributed by atoms with Crippen molar-refractivity contribution in [1.82, 2.24) is 4.98 Å². The fourth-order valence-electron chi connectivity index (χ4n) is 2.08. The van der Waals surface area contributed by atoms with Crippen molar-refractivity contribution in [2.75, 3.05) is 11.9 Å². The van der Waals surface area contributed by atoms with E-state index in [1.165, 1.54) is 0 Å². The molecule has 0 unspecified atom stereocenters. The van der Waals surface area contributed by atoms with Crippen molar-refractivity contribution in [1.29, 1.82) is 5.26 Å². The summed E-state index contributed by atoms with van der Waals surface area (Å²) in [4.78, 5) is 16.4. The van der Waals surface area contributed by atoms with E-state index in [4.69, 9.17) is 4.74 Å². The van der Waals surface area contributed by atoms with E-state index < -0.39 is 5.97 Å². The first-order chi connectivity index (χ1) is 11.2. The molecule has 1 N–H and O–H groups in total. The summed E-state index contributed by atoms with van der Waals surface area (Å²) in [5, 5.41) is 12.4. The minimum atomic E-state index is -0.471. The second kappa shape index (κ2) is 7.95. The number of esters is 1. The van der Waals surface area contributed by atoms with Crippen molar-refractivity contribution in [2.24, 2.45) is 0 Å². The van der Waals surface area contributed by atoms with E-state index in [0.717, 1.165) is 18.4 Å². The van der Waals surface area contributed by atoms with Crippen LogP contribution < -0.4 is 10.1 Å². The molecule has 0 amide bonds. The number of carbonyl (C=O) groups excluding carboxylic acids is 1. The Kier molecular flexibility index (Phi) is 5.70. The Morgan fingerprint density at radius 2 is 2.09 bits per heavy atom. The third-order valence-corrected chi connectivity index (χ3v) is 3.33. The number of hydrogen-bond acceptors (Lipinski definition) is 5. The Morgan fingerprint density at radius 3 is 2.74 bits per heavy atom. The Bertz CT molecular complexity index is 721. The van der Waals surface area contributed by atoms with Gasteiger partial charge in [0.1, 0.15) is 11.9 Å². The minimum absolute atomic E-state index is 0.189. The Morgan fingerprint density at radius 1 is 1.35 bits per heavy atom. The van der Waals surface area contributed by atoms with E-state index in [1.54, 1.807) is 37.3 Å². The molecule has 0 bridgehead atoms. The molecule has 0 radical (unpaired) electrons. The zero-order valence-corrected chi connectivity index (χ0v) is 13.3. The Balaban J connectivity index is 2.22. The number of nitrogens with zero attached hydrogens (tertiary/aromatic N) is 2. The van der Waals surface area contributed by atoms with E-state index in [0.29, 0.717) is 23.5 Å². The summed E-state index contributed by atoms with van der Waals surface area (Å²) in [5.41, 5.74) is 1.65. The number of ether oxygens (including phenoxy) is 1. The van der Waals surface area contributed by atoms with E-state index in [1.807, 2.05) is 6.07 Å². The highest BCUT2D eigenvalue weighted by atomic mass is 16.5. The standard InChI is InChI=1S/C18H19N3O2/c1-3-4-10-20-17-15(12-19)13(2)11-16(21-17)23-18(22)14-8-6-5-7-9-14/h5-9,11H,3-4,10H2,1-2H3,(H,20,21). The first kappa shape index (κ1) is 16.5. The molecule has 2 rings (SSSR count). The van der Waals surface area contributed by atoms with Gasteiger partial charge in [-0.05, 0) is 31.0 Å². The maximum atomic E-state index is 12.1. The molecule has 0 saturated heterocycles. The van der Waals surface area contributed by atoms with Gasteiger partial charge in [0, 0.05) is 12.6 Å². The lowest BCUT2D eigenvalue weighted by Crippen LogP contribution is -2.12. The van der Waals surface area contributed by atoms with Crippen LogP contribution in [0.5, 0.6) is 5.88 Å². The molecule has 5 heteroatoms. The van der Waals surface area contributed by atoms with E-state index in [2.05, 4.69) is 23.3 Å². The maximum absolute atomic E-state index is 12.1. The highest BCUT2D eigenvalue weighted by Gasteiger charge is 2.14. The number of nitrogens with one attached hydrogen (secondary N) is 1. The number of unbranched alkanes of at least 4 members (excludes halogenated alkanes) is 1. The van der Waals surface area contributed by atoms with Crippen molar-refractivity contribution < 1.29 is 9.53 Å². The number of nitriles is 1. The Hall–Kier alpha value is -2.87. The van der Waals surface area contributed by atoms with Crippen LogP contribution in [0.2, 0.25) is 0 Å². The molecule has 23 heavy (non-hydrogen) atoms. The molecule has 1 heterocycles. The molecule has 2 aromatic rings. The number of carbonyl (C=O) groups is 1. The molecule has 0 fully saturated rings. The van der Waals surface area contributed by atoms with Gasteiger partial charge >= 0.3 is 5.97 Å². The molecule has 0 aliphatic rings. The van der Waals surface area contributed by atoms with Gasteiger partial charge in [0.15, 0.2) is 0 Å². The molecule has 0 spiro atoms. The van der Waals surface area contributed by atoms with Gasteiger partial charge in [-0.15, -0.1) is 0 Å². The van der Waals surface area contributed by atoms with Gasteiger partial charge in [0.05, 0.1) is 11.1 Å². The van der Waals surface area contributed by atoms with Gasteiger partial charge < -0.3 is 10.1 Å². The average molecular weight is 309 g/mol. The van der Waals surface area contributed by atoms with Crippen molar-refractivity contribution in [3.05, 3.63) is 53.1 Å². The summed E-state index contributed by atoms with van der Waals surface area (Å²) < 4.78 is 5.33. The number of aryl methyl sites for hydroxylation is 1. The molecule has 118 valence electrons. The van der Waals surface area contributed by atoms with E-state index in [-0.39, 0.29) is 5.88 Å². The molecule has 1 aromatic carbocycles. The summed E-state index contributed by atoms with van der Waals surface area (Å²) in [7, 11) is 0.